The summed E-state index contributed by atoms with van der Waals surface area (Å²) in [5, 5.41) is 3.60. The average Bonchev–Trinajstić information content (AvgIpc) is 2.79. The van der Waals surface area contributed by atoms with Gasteiger partial charge in [-0.1, -0.05) is 32.6 Å². The molecule has 0 aliphatic heterocycles. The molecule has 1 unspecified atom stereocenters. The van der Waals surface area contributed by atoms with Gasteiger partial charge < -0.3 is 5.32 Å². The van der Waals surface area contributed by atoms with Crippen LogP contribution in [0.4, 0.5) is 0 Å². The van der Waals surface area contributed by atoms with Crippen molar-refractivity contribution in [2.24, 2.45) is 5.92 Å². The number of terminal acetylenes is 1. The minimum atomic E-state index is 0.707. The predicted octanol–water partition coefficient (Wildman–Crippen LogP) is 3.74. The molecular weight excluding hydrogens is 194 g/mol. The molecule has 0 saturated heterocycles. The summed E-state index contributed by atoms with van der Waals surface area (Å²) in [6.07, 6.45) is 17.3. The number of hydrogen-bond acceptors (Lipinski definition) is 1. The summed E-state index contributed by atoms with van der Waals surface area (Å²) in [7, 11) is 0. The van der Waals surface area contributed by atoms with E-state index in [1.54, 1.807) is 0 Å². The Balaban J connectivity index is 2.13. The van der Waals surface area contributed by atoms with Gasteiger partial charge in [0.15, 0.2) is 0 Å². The first-order valence-corrected chi connectivity index (χ1v) is 7.03. The van der Waals surface area contributed by atoms with Gasteiger partial charge in [0.1, 0.15) is 0 Å². The van der Waals surface area contributed by atoms with Gasteiger partial charge in [0.25, 0.3) is 0 Å². The van der Waals surface area contributed by atoms with Gasteiger partial charge in [-0.05, 0) is 38.1 Å². The van der Waals surface area contributed by atoms with E-state index < -0.39 is 0 Å². The minimum Gasteiger partial charge on any atom is -0.314 e. The first-order valence-electron chi connectivity index (χ1n) is 7.03. The fourth-order valence-electron chi connectivity index (χ4n) is 2.82. The van der Waals surface area contributed by atoms with Crippen LogP contribution in [0.5, 0.6) is 0 Å². The molecular formula is C15H27N. The average molecular weight is 221 g/mol. The lowest BCUT2D eigenvalue weighted by atomic mass is 9.96. The molecule has 1 atom stereocenters. The fourth-order valence-corrected chi connectivity index (χ4v) is 2.82. The topological polar surface area (TPSA) is 12.0 Å². The van der Waals surface area contributed by atoms with Crippen LogP contribution in [0.2, 0.25) is 0 Å². The molecule has 0 bridgehead atoms. The van der Waals surface area contributed by atoms with E-state index in [-0.39, 0.29) is 0 Å². The molecule has 1 N–H and O–H groups in total. The van der Waals surface area contributed by atoms with E-state index in [1.807, 2.05) is 0 Å². The monoisotopic (exact) mass is 221 g/mol. The lowest BCUT2D eigenvalue weighted by molar-refractivity contribution is 0.390. The molecule has 1 nitrogen and oxygen atoms in total. The van der Waals surface area contributed by atoms with Crippen LogP contribution in [0.15, 0.2) is 0 Å². The molecule has 1 saturated carbocycles. The van der Waals surface area contributed by atoms with Crippen molar-refractivity contribution in [3.8, 4) is 12.3 Å². The van der Waals surface area contributed by atoms with Crippen molar-refractivity contribution in [3.05, 3.63) is 0 Å². The third-order valence-electron chi connectivity index (χ3n) is 3.76. The third kappa shape index (κ3) is 5.56. The van der Waals surface area contributed by atoms with Crippen molar-refractivity contribution in [2.45, 2.75) is 70.8 Å². The second kappa shape index (κ2) is 8.65. The molecule has 1 aliphatic rings. The number of rotatable bonds is 8. The Kier molecular flexibility index (Phi) is 7.34. The molecule has 16 heavy (non-hydrogen) atoms. The van der Waals surface area contributed by atoms with Crippen LogP contribution < -0.4 is 5.32 Å². The van der Waals surface area contributed by atoms with E-state index in [4.69, 9.17) is 6.42 Å². The van der Waals surface area contributed by atoms with Crippen LogP contribution in [0.3, 0.4) is 0 Å². The van der Waals surface area contributed by atoms with Crippen LogP contribution in [0.25, 0.3) is 0 Å². The first-order chi connectivity index (χ1) is 7.86. The van der Waals surface area contributed by atoms with Crippen LogP contribution in [0, 0.1) is 18.3 Å². The Morgan fingerprint density at radius 2 is 2.06 bits per heavy atom. The molecule has 0 spiro atoms. The zero-order valence-electron chi connectivity index (χ0n) is 10.8. The Hall–Kier alpha value is -0.480. The van der Waals surface area contributed by atoms with E-state index >= 15 is 0 Å². The van der Waals surface area contributed by atoms with Crippen molar-refractivity contribution < 1.29 is 0 Å². The largest absolute Gasteiger partial charge is 0.314 e. The molecule has 0 radical (unpaired) electrons. The normalized spacial score (nSPS) is 18.5. The maximum Gasteiger partial charge on any atom is 0.00866 e. The van der Waals surface area contributed by atoms with Gasteiger partial charge in [0.05, 0.1) is 0 Å². The van der Waals surface area contributed by atoms with E-state index in [2.05, 4.69) is 18.2 Å². The highest BCUT2D eigenvalue weighted by Gasteiger charge is 2.16. The van der Waals surface area contributed by atoms with Gasteiger partial charge in [0.2, 0.25) is 0 Å². The van der Waals surface area contributed by atoms with Crippen molar-refractivity contribution in [1.82, 2.24) is 5.32 Å². The quantitative estimate of drug-likeness (QED) is 0.486. The molecule has 0 amide bonds. The second-order valence-electron chi connectivity index (χ2n) is 5.08. The summed E-state index contributed by atoms with van der Waals surface area (Å²) in [5.41, 5.74) is 0. The van der Waals surface area contributed by atoms with Crippen molar-refractivity contribution in [3.63, 3.8) is 0 Å². The number of nitrogens with one attached hydrogen (secondary N) is 1. The summed E-state index contributed by atoms with van der Waals surface area (Å²) >= 11 is 0. The van der Waals surface area contributed by atoms with Crippen molar-refractivity contribution >= 4 is 0 Å². The summed E-state index contributed by atoms with van der Waals surface area (Å²) in [6.45, 7) is 3.29. The highest BCUT2D eigenvalue weighted by molar-refractivity contribution is 4.84. The molecule has 0 aromatic rings. The molecule has 0 heterocycles. The molecule has 0 aromatic heterocycles. The van der Waals surface area contributed by atoms with Gasteiger partial charge in [-0.3, -0.25) is 0 Å². The highest BCUT2D eigenvalue weighted by Crippen LogP contribution is 2.29. The van der Waals surface area contributed by atoms with Crippen molar-refractivity contribution in [2.75, 3.05) is 6.54 Å². The molecule has 1 heteroatoms. The molecule has 1 rings (SSSR count). The lowest BCUT2D eigenvalue weighted by Gasteiger charge is -2.19. The van der Waals surface area contributed by atoms with Gasteiger partial charge in [-0.25, -0.2) is 0 Å². The molecule has 1 fully saturated rings. The van der Waals surface area contributed by atoms with Gasteiger partial charge in [0, 0.05) is 12.5 Å². The first kappa shape index (κ1) is 13.6. The van der Waals surface area contributed by atoms with Crippen LogP contribution in [-0.2, 0) is 0 Å². The molecule has 0 aromatic carbocycles. The van der Waals surface area contributed by atoms with Gasteiger partial charge in [-0.15, -0.1) is 12.3 Å². The van der Waals surface area contributed by atoms with Gasteiger partial charge in [-0.2, -0.15) is 0 Å². The highest BCUT2D eigenvalue weighted by atomic mass is 14.9. The molecule has 92 valence electrons. The lowest BCUT2D eigenvalue weighted by Crippen LogP contribution is -2.29. The second-order valence-corrected chi connectivity index (χ2v) is 5.08. The Morgan fingerprint density at radius 1 is 1.31 bits per heavy atom. The number of hydrogen-bond donors (Lipinski definition) is 1. The zero-order valence-corrected chi connectivity index (χ0v) is 10.8. The van der Waals surface area contributed by atoms with Gasteiger partial charge >= 0.3 is 0 Å². The summed E-state index contributed by atoms with van der Waals surface area (Å²) in [4.78, 5) is 0. The van der Waals surface area contributed by atoms with Crippen LogP contribution in [0.1, 0.15) is 64.7 Å². The predicted molar refractivity (Wildman–Crippen MR) is 71.3 cm³/mol. The Morgan fingerprint density at radius 3 is 2.69 bits per heavy atom. The zero-order chi connectivity index (χ0) is 11.6. The summed E-state index contributed by atoms with van der Waals surface area (Å²) in [5.74, 6) is 3.76. The SMILES string of the molecule is C#CCCCC(CCC1CCCC1)NCC. The third-order valence-corrected chi connectivity index (χ3v) is 3.76. The van der Waals surface area contributed by atoms with Crippen LogP contribution >= 0.6 is 0 Å². The van der Waals surface area contributed by atoms with E-state index in [0.717, 1.165) is 18.9 Å². The standard InChI is InChI=1S/C15H27N/c1-3-5-6-11-15(16-4-2)13-12-14-9-7-8-10-14/h1,14-16H,4-13H2,2H3. The maximum absolute atomic E-state index is 5.29. The fraction of sp³-hybridized carbons (Fsp3) is 0.867. The smallest absolute Gasteiger partial charge is 0.00866 e. The maximum atomic E-state index is 5.29. The van der Waals surface area contributed by atoms with Crippen LogP contribution in [-0.4, -0.2) is 12.6 Å². The Bertz CT molecular complexity index is 198. The van der Waals surface area contributed by atoms with E-state index in [9.17, 15) is 0 Å². The van der Waals surface area contributed by atoms with E-state index in [0.29, 0.717) is 6.04 Å². The Labute approximate surface area is 101 Å². The van der Waals surface area contributed by atoms with E-state index in [1.165, 1.54) is 51.4 Å². The summed E-state index contributed by atoms with van der Waals surface area (Å²) in [6, 6.07) is 0.707. The minimum absolute atomic E-state index is 0.707. The molecule has 1 aliphatic carbocycles. The van der Waals surface area contributed by atoms with Crippen molar-refractivity contribution in [1.29, 1.82) is 0 Å². The number of unbranched alkanes of at least 4 members (excludes halogenated alkanes) is 1. The summed E-state index contributed by atoms with van der Waals surface area (Å²) < 4.78 is 0.